The molecule has 0 spiro atoms. The summed E-state index contributed by atoms with van der Waals surface area (Å²) in [6.07, 6.45) is 7.03. The van der Waals surface area contributed by atoms with Crippen molar-refractivity contribution in [2.24, 2.45) is 0 Å². The van der Waals surface area contributed by atoms with Crippen LogP contribution in [0.25, 0.3) is 22.2 Å². The quantitative estimate of drug-likeness (QED) is 0.495. The third-order valence-corrected chi connectivity index (χ3v) is 8.76. The number of likely N-dealkylation sites (N-methyl/N-ethyl adjacent to an activating group) is 1. The maximum atomic E-state index is 6.29. The summed E-state index contributed by atoms with van der Waals surface area (Å²) in [7, 11) is 2.23. The van der Waals surface area contributed by atoms with Crippen LogP contribution in [0.4, 0.5) is 17.3 Å². The zero-order valence-electron chi connectivity index (χ0n) is 23.4. The molecule has 9 heteroatoms. The van der Waals surface area contributed by atoms with Crippen molar-refractivity contribution in [2.75, 3.05) is 75.5 Å². The summed E-state index contributed by atoms with van der Waals surface area (Å²) >= 11 is 0. The number of piperidine rings is 1. The molecule has 3 saturated heterocycles. The van der Waals surface area contributed by atoms with Crippen LogP contribution >= 0.6 is 0 Å². The van der Waals surface area contributed by atoms with E-state index in [4.69, 9.17) is 20.4 Å². The largest absolute Gasteiger partial charge is 0.382 e. The van der Waals surface area contributed by atoms with Gasteiger partial charge < -0.3 is 25.6 Å². The Labute approximate surface area is 231 Å². The monoisotopic (exact) mass is 530 g/mol. The number of anilines is 3. The van der Waals surface area contributed by atoms with Crippen molar-refractivity contribution in [1.29, 1.82) is 0 Å². The molecule has 9 nitrogen and oxygen atoms in total. The van der Waals surface area contributed by atoms with Crippen LogP contribution in [-0.4, -0.2) is 96.4 Å². The van der Waals surface area contributed by atoms with Gasteiger partial charge in [-0.2, -0.15) is 0 Å². The van der Waals surface area contributed by atoms with E-state index in [1.807, 2.05) is 6.20 Å². The molecule has 3 aliphatic heterocycles. The highest BCUT2D eigenvalue weighted by Gasteiger charge is 2.27. The number of nitrogens with zero attached hydrogens (tertiary/aromatic N) is 6. The van der Waals surface area contributed by atoms with E-state index in [0.29, 0.717) is 17.4 Å². The van der Waals surface area contributed by atoms with E-state index in [0.717, 1.165) is 79.8 Å². The summed E-state index contributed by atoms with van der Waals surface area (Å²) < 4.78 is 5.54. The van der Waals surface area contributed by atoms with Crippen molar-refractivity contribution in [2.45, 2.75) is 51.1 Å². The van der Waals surface area contributed by atoms with Gasteiger partial charge in [0.15, 0.2) is 5.82 Å². The first kappa shape index (κ1) is 26.2. The van der Waals surface area contributed by atoms with Crippen LogP contribution in [0, 0.1) is 0 Å². The molecule has 208 valence electrons. The zero-order chi connectivity index (χ0) is 26.8. The molecule has 0 aliphatic carbocycles. The van der Waals surface area contributed by atoms with E-state index in [1.165, 1.54) is 44.7 Å². The minimum absolute atomic E-state index is 0.345. The van der Waals surface area contributed by atoms with Crippen molar-refractivity contribution in [3.63, 3.8) is 0 Å². The molecule has 3 fully saturated rings. The lowest BCUT2D eigenvalue weighted by atomic mass is 10.0. The van der Waals surface area contributed by atoms with E-state index in [-0.39, 0.29) is 0 Å². The second kappa shape index (κ2) is 11.6. The number of ether oxygens (including phenoxy) is 1. The van der Waals surface area contributed by atoms with Gasteiger partial charge in [0.1, 0.15) is 16.9 Å². The predicted molar refractivity (Wildman–Crippen MR) is 158 cm³/mol. The molecule has 6 rings (SSSR count). The Balaban J connectivity index is 1.20. The van der Waals surface area contributed by atoms with E-state index < -0.39 is 0 Å². The minimum Gasteiger partial charge on any atom is -0.382 e. The Morgan fingerprint density at radius 2 is 1.64 bits per heavy atom. The van der Waals surface area contributed by atoms with Gasteiger partial charge in [-0.15, -0.1) is 0 Å². The number of nitrogens with two attached hydrogens (primary N) is 1. The molecule has 1 aromatic carbocycles. The maximum absolute atomic E-state index is 6.29. The first-order valence-corrected chi connectivity index (χ1v) is 14.7. The van der Waals surface area contributed by atoms with E-state index in [2.05, 4.69) is 63.2 Å². The molecule has 5 heterocycles. The Hall–Kier alpha value is -3.01. The molecular formula is C30H42N8O. The van der Waals surface area contributed by atoms with Crippen LogP contribution in [-0.2, 0) is 11.2 Å². The van der Waals surface area contributed by atoms with Gasteiger partial charge in [0.05, 0.1) is 5.69 Å². The molecule has 0 atom stereocenters. The fourth-order valence-electron chi connectivity index (χ4n) is 6.23. The zero-order valence-corrected chi connectivity index (χ0v) is 23.4. The van der Waals surface area contributed by atoms with Crippen molar-refractivity contribution >= 4 is 28.4 Å². The normalized spacial score (nSPS) is 20.5. The van der Waals surface area contributed by atoms with Crippen LogP contribution in [0.3, 0.4) is 0 Å². The van der Waals surface area contributed by atoms with Crippen LogP contribution < -0.4 is 16.0 Å². The number of piperazine rings is 1. The number of nitrogen functional groups attached to an aromatic ring is 1. The molecular weight excluding hydrogens is 488 g/mol. The van der Waals surface area contributed by atoms with Gasteiger partial charge >= 0.3 is 0 Å². The highest BCUT2D eigenvalue weighted by Crippen LogP contribution is 2.33. The van der Waals surface area contributed by atoms with Gasteiger partial charge in [-0.1, -0.05) is 19.1 Å². The average molecular weight is 531 g/mol. The summed E-state index contributed by atoms with van der Waals surface area (Å²) in [5.74, 6) is 1.27. The molecule has 2 aromatic heterocycles. The minimum atomic E-state index is 0.345. The lowest BCUT2D eigenvalue weighted by Gasteiger charge is -2.42. The first-order valence-electron chi connectivity index (χ1n) is 14.7. The first-order chi connectivity index (χ1) is 19.1. The maximum Gasteiger partial charge on any atom is 0.151 e. The molecule has 39 heavy (non-hydrogen) atoms. The fourth-order valence-corrected chi connectivity index (χ4v) is 6.23. The molecule has 3 aromatic rings. The molecule has 0 unspecified atom stereocenters. The number of nitrogens with one attached hydrogen (secondary N) is 1. The Morgan fingerprint density at radius 3 is 2.33 bits per heavy atom. The Morgan fingerprint density at radius 1 is 0.923 bits per heavy atom. The van der Waals surface area contributed by atoms with Crippen molar-refractivity contribution in [3.05, 3.63) is 36.2 Å². The number of hydrogen-bond acceptors (Lipinski definition) is 9. The van der Waals surface area contributed by atoms with Crippen LogP contribution in [0.1, 0.15) is 38.3 Å². The Bertz CT molecular complexity index is 1260. The molecule has 0 radical (unpaired) electrons. The van der Waals surface area contributed by atoms with Crippen LogP contribution in [0.2, 0.25) is 0 Å². The predicted octanol–water partition coefficient (Wildman–Crippen LogP) is 3.64. The molecule has 0 amide bonds. The third kappa shape index (κ3) is 5.66. The number of aromatic nitrogens is 3. The number of hydrogen-bond donors (Lipinski definition) is 2. The lowest BCUT2D eigenvalue weighted by Crippen LogP contribution is -2.52. The second-order valence-corrected chi connectivity index (χ2v) is 11.3. The Kier molecular flexibility index (Phi) is 7.81. The number of rotatable bonds is 6. The lowest BCUT2D eigenvalue weighted by molar-refractivity contribution is 0.0903. The van der Waals surface area contributed by atoms with Gasteiger partial charge in [0.25, 0.3) is 0 Å². The third-order valence-electron chi connectivity index (χ3n) is 8.76. The second-order valence-electron chi connectivity index (χ2n) is 11.3. The van der Waals surface area contributed by atoms with Gasteiger partial charge in [-0.05, 0) is 56.8 Å². The van der Waals surface area contributed by atoms with E-state index in [1.54, 1.807) is 0 Å². The molecule has 3 N–H and O–H groups in total. The number of aryl methyl sites for hydroxylation is 1. The van der Waals surface area contributed by atoms with Gasteiger partial charge in [0.2, 0.25) is 0 Å². The number of fused-ring (bicyclic) bond motifs is 1. The summed E-state index contributed by atoms with van der Waals surface area (Å²) in [6, 6.07) is 9.92. The fraction of sp³-hybridized carbons (Fsp3) is 0.567. The van der Waals surface area contributed by atoms with Crippen molar-refractivity contribution in [1.82, 2.24) is 24.8 Å². The highest BCUT2D eigenvalue weighted by atomic mass is 16.5. The smallest absolute Gasteiger partial charge is 0.151 e. The summed E-state index contributed by atoms with van der Waals surface area (Å²) in [5.41, 5.74) is 12.0. The number of benzene rings is 1. The van der Waals surface area contributed by atoms with E-state index in [9.17, 15) is 0 Å². The average Bonchev–Trinajstić information content (AvgIpc) is 2.98. The van der Waals surface area contributed by atoms with Crippen molar-refractivity contribution < 1.29 is 4.74 Å². The molecule has 0 bridgehead atoms. The standard InChI is InChI=1S/C30H42N8O/c1-3-26-30(33-22-10-18-39-19-11-22)35-27-25(20-32-29(31)28(27)34-26)21-4-6-23(7-5-21)37-12-8-24(9-13-37)38-16-14-36(2)15-17-38/h4-7,20,22,24H,3,8-19H2,1-2H3,(H2,31,32)(H,33,35). The SMILES string of the molecule is CCc1nc2c(N)ncc(-c3ccc(N4CCC(N5CCN(C)CC5)CC4)cc3)c2nc1NC1CCOCC1. The van der Waals surface area contributed by atoms with Crippen LogP contribution in [0.15, 0.2) is 30.5 Å². The summed E-state index contributed by atoms with van der Waals surface area (Å²) in [4.78, 5) is 22.2. The molecule has 0 saturated carbocycles. The van der Waals surface area contributed by atoms with Crippen LogP contribution in [0.5, 0.6) is 0 Å². The number of pyridine rings is 1. The highest BCUT2D eigenvalue weighted by molar-refractivity contribution is 5.97. The summed E-state index contributed by atoms with van der Waals surface area (Å²) in [6.45, 7) is 10.7. The summed E-state index contributed by atoms with van der Waals surface area (Å²) in [5, 5.41) is 3.64. The topological polar surface area (TPSA) is 95.7 Å². The molecule has 3 aliphatic rings. The van der Waals surface area contributed by atoms with Gasteiger partial charge in [-0.3, -0.25) is 4.90 Å². The van der Waals surface area contributed by atoms with Crippen molar-refractivity contribution in [3.8, 4) is 11.1 Å². The van der Waals surface area contributed by atoms with E-state index >= 15 is 0 Å². The van der Waals surface area contributed by atoms with Gasteiger partial charge in [-0.25, -0.2) is 15.0 Å². The van der Waals surface area contributed by atoms with Gasteiger partial charge in [0, 0.05) is 82.0 Å².